The number of rotatable bonds is 3. The van der Waals surface area contributed by atoms with Crippen molar-refractivity contribution in [3.63, 3.8) is 0 Å². The molecule has 0 saturated carbocycles. The van der Waals surface area contributed by atoms with Crippen molar-refractivity contribution in [2.45, 2.75) is 57.8 Å². The number of hydrogen-bond acceptors (Lipinski definition) is 2. The lowest BCUT2D eigenvalue weighted by Gasteiger charge is -2.35. The SMILES string of the molecule is C[C@H]([C@@H](O)c1ccccc1)N1[C@@H](C)CC[C@@H]1C. The fraction of sp³-hybridized carbons (Fsp3) is 0.600. The highest BCUT2D eigenvalue weighted by Crippen LogP contribution is 2.31. The van der Waals surface area contributed by atoms with Gasteiger partial charge in [-0.1, -0.05) is 30.3 Å². The van der Waals surface area contributed by atoms with E-state index in [1.54, 1.807) is 0 Å². The topological polar surface area (TPSA) is 23.5 Å². The van der Waals surface area contributed by atoms with E-state index in [-0.39, 0.29) is 12.1 Å². The molecular weight excluding hydrogens is 210 g/mol. The van der Waals surface area contributed by atoms with E-state index >= 15 is 0 Å². The van der Waals surface area contributed by atoms with E-state index in [1.165, 1.54) is 12.8 Å². The van der Waals surface area contributed by atoms with Crippen LogP contribution in [0.25, 0.3) is 0 Å². The van der Waals surface area contributed by atoms with Crippen molar-refractivity contribution in [2.75, 3.05) is 0 Å². The third-order valence-corrected chi connectivity index (χ3v) is 4.09. The summed E-state index contributed by atoms with van der Waals surface area (Å²) in [6.07, 6.45) is 2.10. The number of hydrogen-bond donors (Lipinski definition) is 1. The normalized spacial score (nSPS) is 29.2. The fourth-order valence-electron chi connectivity index (χ4n) is 3.11. The lowest BCUT2D eigenvalue weighted by molar-refractivity contribution is 0.0355. The second kappa shape index (κ2) is 5.19. The van der Waals surface area contributed by atoms with Crippen molar-refractivity contribution in [3.8, 4) is 0 Å². The summed E-state index contributed by atoms with van der Waals surface area (Å²) in [5.41, 5.74) is 1.02. The molecule has 2 nitrogen and oxygen atoms in total. The maximum absolute atomic E-state index is 10.4. The highest BCUT2D eigenvalue weighted by atomic mass is 16.3. The largest absolute Gasteiger partial charge is 0.387 e. The molecule has 1 aliphatic rings. The molecule has 4 atom stereocenters. The lowest BCUT2D eigenvalue weighted by Crippen LogP contribution is -2.43. The minimum absolute atomic E-state index is 0.185. The number of nitrogens with zero attached hydrogens (tertiary/aromatic N) is 1. The van der Waals surface area contributed by atoms with Gasteiger partial charge in [-0.3, -0.25) is 4.90 Å². The maximum atomic E-state index is 10.4. The first-order chi connectivity index (χ1) is 8.11. The Morgan fingerprint density at radius 2 is 1.65 bits per heavy atom. The average Bonchev–Trinajstić information content (AvgIpc) is 2.68. The van der Waals surface area contributed by atoms with Crippen molar-refractivity contribution < 1.29 is 5.11 Å². The zero-order chi connectivity index (χ0) is 12.4. The quantitative estimate of drug-likeness (QED) is 0.867. The van der Waals surface area contributed by atoms with Gasteiger partial charge in [0.05, 0.1) is 6.10 Å². The van der Waals surface area contributed by atoms with E-state index in [9.17, 15) is 5.11 Å². The summed E-state index contributed by atoms with van der Waals surface area (Å²) in [6.45, 7) is 6.66. The van der Waals surface area contributed by atoms with Gasteiger partial charge in [0.15, 0.2) is 0 Å². The predicted octanol–water partition coefficient (Wildman–Crippen LogP) is 2.98. The first kappa shape index (κ1) is 12.6. The second-order valence-electron chi connectivity index (χ2n) is 5.32. The summed E-state index contributed by atoms with van der Waals surface area (Å²) in [6, 6.07) is 11.3. The van der Waals surface area contributed by atoms with Crippen LogP contribution >= 0.6 is 0 Å². The van der Waals surface area contributed by atoms with Crippen molar-refractivity contribution in [1.29, 1.82) is 0 Å². The summed E-state index contributed by atoms with van der Waals surface area (Å²) >= 11 is 0. The molecule has 1 aliphatic heterocycles. The summed E-state index contributed by atoms with van der Waals surface area (Å²) in [4.78, 5) is 2.46. The van der Waals surface area contributed by atoms with Crippen LogP contribution in [0.5, 0.6) is 0 Å². The highest BCUT2D eigenvalue weighted by Gasteiger charge is 2.34. The summed E-state index contributed by atoms with van der Waals surface area (Å²) in [5.74, 6) is 0. The van der Waals surface area contributed by atoms with E-state index in [2.05, 4.69) is 25.7 Å². The molecule has 0 aromatic heterocycles. The zero-order valence-corrected chi connectivity index (χ0v) is 11.0. The Hall–Kier alpha value is -0.860. The molecule has 1 saturated heterocycles. The van der Waals surface area contributed by atoms with Gasteiger partial charge in [0, 0.05) is 18.1 Å². The Labute approximate surface area is 104 Å². The molecule has 0 spiro atoms. The van der Waals surface area contributed by atoms with Gasteiger partial charge >= 0.3 is 0 Å². The van der Waals surface area contributed by atoms with E-state index in [0.29, 0.717) is 12.1 Å². The molecule has 2 heteroatoms. The molecule has 1 aromatic rings. The highest BCUT2D eigenvalue weighted by molar-refractivity contribution is 5.19. The van der Waals surface area contributed by atoms with E-state index < -0.39 is 0 Å². The van der Waals surface area contributed by atoms with E-state index in [4.69, 9.17) is 0 Å². The standard InChI is InChI=1S/C15H23NO/c1-11-9-10-12(2)16(11)13(3)15(17)14-7-5-4-6-8-14/h4-8,11-13,15,17H,9-10H2,1-3H3/t11-,12-,13+,15+/m0/s1. The Kier molecular flexibility index (Phi) is 3.85. The maximum Gasteiger partial charge on any atom is 0.0942 e. The van der Waals surface area contributed by atoms with Crippen LogP contribution < -0.4 is 0 Å². The first-order valence-electron chi connectivity index (χ1n) is 6.61. The molecule has 1 heterocycles. The molecule has 0 unspecified atom stereocenters. The molecule has 2 rings (SSSR count). The number of benzene rings is 1. The number of aliphatic hydroxyl groups is 1. The monoisotopic (exact) mass is 233 g/mol. The molecule has 0 amide bonds. The van der Waals surface area contributed by atoms with Gasteiger partial charge in [-0.2, -0.15) is 0 Å². The summed E-state index contributed by atoms with van der Waals surface area (Å²) in [5, 5.41) is 10.4. The van der Waals surface area contributed by atoms with Gasteiger partial charge in [-0.15, -0.1) is 0 Å². The van der Waals surface area contributed by atoms with E-state index in [0.717, 1.165) is 5.56 Å². The summed E-state index contributed by atoms with van der Waals surface area (Å²) in [7, 11) is 0. The summed E-state index contributed by atoms with van der Waals surface area (Å²) < 4.78 is 0. The Morgan fingerprint density at radius 3 is 2.18 bits per heavy atom. The Bertz CT molecular complexity index is 341. The number of likely N-dealkylation sites (tertiary alicyclic amines) is 1. The molecule has 1 N–H and O–H groups in total. The van der Waals surface area contributed by atoms with Gasteiger partial charge in [0.2, 0.25) is 0 Å². The molecule has 17 heavy (non-hydrogen) atoms. The first-order valence-corrected chi connectivity index (χ1v) is 6.61. The van der Waals surface area contributed by atoms with Gasteiger partial charge in [-0.25, -0.2) is 0 Å². The van der Waals surface area contributed by atoms with Crippen molar-refractivity contribution in [1.82, 2.24) is 4.90 Å². The Balaban J connectivity index is 2.12. The Morgan fingerprint density at radius 1 is 1.12 bits per heavy atom. The average molecular weight is 233 g/mol. The fourth-order valence-corrected chi connectivity index (χ4v) is 3.11. The van der Waals surface area contributed by atoms with Crippen LogP contribution in [0, 0.1) is 0 Å². The van der Waals surface area contributed by atoms with Crippen LogP contribution in [0.15, 0.2) is 30.3 Å². The molecular formula is C15H23NO. The predicted molar refractivity (Wildman–Crippen MR) is 70.9 cm³/mol. The van der Waals surface area contributed by atoms with Crippen molar-refractivity contribution in [3.05, 3.63) is 35.9 Å². The molecule has 1 fully saturated rings. The minimum Gasteiger partial charge on any atom is -0.387 e. The molecule has 0 aliphatic carbocycles. The smallest absolute Gasteiger partial charge is 0.0942 e. The third kappa shape index (κ3) is 2.53. The minimum atomic E-state index is -0.390. The van der Waals surface area contributed by atoms with Crippen LogP contribution in [0.2, 0.25) is 0 Å². The van der Waals surface area contributed by atoms with Crippen molar-refractivity contribution in [2.24, 2.45) is 0 Å². The van der Waals surface area contributed by atoms with Gasteiger partial charge < -0.3 is 5.11 Å². The van der Waals surface area contributed by atoms with Gasteiger partial charge in [0.1, 0.15) is 0 Å². The zero-order valence-electron chi connectivity index (χ0n) is 11.0. The molecule has 1 aromatic carbocycles. The second-order valence-corrected chi connectivity index (χ2v) is 5.32. The molecule has 94 valence electrons. The third-order valence-electron chi connectivity index (χ3n) is 4.09. The van der Waals surface area contributed by atoms with Gasteiger partial charge in [0.25, 0.3) is 0 Å². The van der Waals surface area contributed by atoms with Crippen LogP contribution in [0.4, 0.5) is 0 Å². The van der Waals surface area contributed by atoms with Crippen LogP contribution in [-0.2, 0) is 0 Å². The van der Waals surface area contributed by atoms with Crippen LogP contribution in [0.3, 0.4) is 0 Å². The lowest BCUT2D eigenvalue weighted by atomic mass is 10.0. The molecule has 0 bridgehead atoms. The van der Waals surface area contributed by atoms with Crippen molar-refractivity contribution >= 4 is 0 Å². The number of aliphatic hydroxyl groups excluding tert-OH is 1. The molecule has 0 radical (unpaired) electrons. The van der Waals surface area contributed by atoms with E-state index in [1.807, 2.05) is 30.3 Å². The van der Waals surface area contributed by atoms with Gasteiger partial charge in [-0.05, 0) is 39.2 Å². The van der Waals surface area contributed by atoms with Crippen LogP contribution in [-0.4, -0.2) is 28.1 Å². The van der Waals surface area contributed by atoms with Crippen LogP contribution in [0.1, 0.15) is 45.3 Å².